The van der Waals surface area contributed by atoms with Crippen LogP contribution in [0, 0.1) is 0 Å². The highest BCUT2D eigenvalue weighted by Gasteiger charge is 2.25. The van der Waals surface area contributed by atoms with Gasteiger partial charge in [0.25, 0.3) is 0 Å². The fourth-order valence-corrected chi connectivity index (χ4v) is 1.68. The Hall–Kier alpha value is -1.56. The van der Waals surface area contributed by atoms with Crippen molar-refractivity contribution in [1.29, 1.82) is 0 Å². The Morgan fingerprint density at radius 1 is 1.21 bits per heavy atom. The highest BCUT2D eigenvalue weighted by atomic mass is 19.4. The Bertz CT molecular complexity index is 419. The number of halogens is 3. The first-order chi connectivity index (χ1) is 8.92. The molecule has 1 aromatic rings. The minimum Gasteiger partial charge on any atom is -0.356 e. The maximum atomic E-state index is 11.9. The molecule has 1 aromatic carbocycles. The van der Waals surface area contributed by atoms with Crippen LogP contribution in [-0.4, -0.2) is 18.6 Å². The van der Waals surface area contributed by atoms with Crippen molar-refractivity contribution in [1.82, 2.24) is 5.32 Å². The van der Waals surface area contributed by atoms with E-state index in [1.165, 1.54) is 0 Å². The summed E-state index contributed by atoms with van der Waals surface area (Å²) < 4.78 is 35.7. The molecule has 106 valence electrons. The van der Waals surface area contributed by atoms with Gasteiger partial charge in [0, 0.05) is 19.5 Å². The van der Waals surface area contributed by atoms with Crippen molar-refractivity contribution in [3.05, 3.63) is 35.4 Å². The summed E-state index contributed by atoms with van der Waals surface area (Å²) in [6, 6.07) is 7.24. The van der Waals surface area contributed by atoms with Gasteiger partial charge >= 0.3 is 6.18 Å². The molecule has 0 aliphatic heterocycles. The molecule has 0 fully saturated rings. The van der Waals surface area contributed by atoms with Gasteiger partial charge in [-0.15, -0.1) is 0 Å². The van der Waals surface area contributed by atoms with E-state index >= 15 is 0 Å². The molecule has 0 saturated heterocycles. The number of benzene rings is 1. The van der Waals surface area contributed by atoms with Crippen molar-refractivity contribution >= 4 is 5.91 Å². The number of hydrogen-bond donors (Lipinski definition) is 2. The minimum atomic E-state index is -4.17. The minimum absolute atomic E-state index is 0.0309. The summed E-state index contributed by atoms with van der Waals surface area (Å²) in [5, 5.41) is 2.48. The van der Waals surface area contributed by atoms with Gasteiger partial charge in [-0.1, -0.05) is 24.3 Å². The SMILES string of the molecule is NCc1ccccc1CC(=O)NCCCC(F)(F)F. The normalized spacial score (nSPS) is 11.4. The molecule has 0 saturated carbocycles. The molecule has 1 rings (SSSR count). The Morgan fingerprint density at radius 3 is 2.42 bits per heavy atom. The van der Waals surface area contributed by atoms with Crippen molar-refractivity contribution in [3.8, 4) is 0 Å². The Kier molecular flexibility index (Phi) is 5.82. The van der Waals surface area contributed by atoms with Crippen molar-refractivity contribution in [2.75, 3.05) is 6.54 Å². The van der Waals surface area contributed by atoms with E-state index in [1.807, 2.05) is 12.1 Å². The fraction of sp³-hybridized carbons (Fsp3) is 0.462. The van der Waals surface area contributed by atoms with Gasteiger partial charge in [-0.05, 0) is 17.5 Å². The van der Waals surface area contributed by atoms with Crippen molar-refractivity contribution < 1.29 is 18.0 Å². The van der Waals surface area contributed by atoms with Crippen molar-refractivity contribution in [3.63, 3.8) is 0 Å². The van der Waals surface area contributed by atoms with Crippen LogP contribution in [0.5, 0.6) is 0 Å². The van der Waals surface area contributed by atoms with Crippen LogP contribution in [0.2, 0.25) is 0 Å². The zero-order chi connectivity index (χ0) is 14.3. The molecule has 0 atom stereocenters. The van der Waals surface area contributed by atoms with E-state index in [1.54, 1.807) is 12.1 Å². The zero-order valence-electron chi connectivity index (χ0n) is 10.5. The van der Waals surface area contributed by atoms with Crippen LogP contribution >= 0.6 is 0 Å². The van der Waals surface area contributed by atoms with E-state index < -0.39 is 12.6 Å². The summed E-state index contributed by atoms with van der Waals surface area (Å²) in [6.07, 6.45) is -5.02. The van der Waals surface area contributed by atoms with E-state index in [0.717, 1.165) is 11.1 Å². The van der Waals surface area contributed by atoms with Gasteiger partial charge in [-0.2, -0.15) is 13.2 Å². The smallest absolute Gasteiger partial charge is 0.356 e. The Balaban J connectivity index is 2.35. The Morgan fingerprint density at radius 2 is 1.84 bits per heavy atom. The molecule has 19 heavy (non-hydrogen) atoms. The van der Waals surface area contributed by atoms with Gasteiger partial charge in [-0.3, -0.25) is 4.79 Å². The second-order valence-corrected chi connectivity index (χ2v) is 4.22. The highest BCUT2D eigenvalue weighted by Crippen LogP contribution is 2.20. The van der Waals surface area contributed by atoms with E-state index in [4.69, 9.17) is 5.73 Å². The molecular formula is C13H17F3N2O. The Labute approximate surface area is 110 Å². The van der Waals surface area contributed by atoms with E-state index in [-0.39, 0.29) is 25.3 Å². The second-order valence-electron chi connectivity index (χ2n) is 4.22. The third-order valence-electron chi connectivity index (χ3n) is 2.65. The number of hydrogen-bond acceptors (Lipinski definition) is 2. The first-order valence-electron chi connectivity index (χ1n) is 6.02. The van der Waals surface area contributed by atoms with Gasteiger partial charge in [0.05, 0.1) is 6.42 Å². The van der Waals surface area contributed by atoms with Crippen molar-refractivity contribution in [2.24, 2.45) is 5.73 Å². The van der Waals surface area contributed by atoms with Crippen LogP contribution < -0.4 is 11.1 Å². The molecule has 0 aliphatic rings. The van der Waals surface area contributed by atoms with E-state index in [0.29, 0.717) is 6.54 Å². The lowest BCUT2D eigenvalue weighted by Gasteiger charge is -2.09. The van der Waals surface area contributed by atoms with Crippen LogP contribution in [0.4, 0.5) is 13.2 Å². The average molecular weight is 274 g/mol. The number of nitrogens with one attached hydrogen (secondary N) is 1. The maximum absolute atomic E-state index is 11.9. The second kappa shape index (κ2) is 7.13. The quantitative estimate of drug-likeness (QED) is 0.781. The fourth-order valence-electron chi connectivity index (χ4n) is 1.68. The number of amides is 1. The molecule has 3 nitrogen and oxygen atoms in total. The molecule has 0 aliphatic carbocycles. The highest BCUT2D eigenvalue weighted by molar-refractivity contribution is 5.78. The van der Waals surface area contributed by atoms with Gasteiger partial charge < -0.3 is 11.1 Å². The topological polar surface area (TPSA) is 55.1 Å². The van der Waals surface area contributed by atoms with Gasteiger partial charge in [0.15, 0.2) is 0 Å². The molecule has 0 heterocycles. The van der Waals surface area contributed by atoms with Crippen LogP contribution in [0.3, 0.4) is 0 Å². The molecule has 0 bridgehead atoms. The van der Waals surface area contributed by atoms with E-state index in [9.17, 15) is 18.0 Å². The molecule has 3 N–H and O–H groups in total. The summed E-state index contributed by atoms with van der Waals surface area (Å²) in [5.74, 6) is -0.289. The summed E-state index contributed by atoms with van der Waals surface area (Å²) in [5.41, 5.74) is 7.21. The van der Waals surface area contributed by atoms with Crippen LogP contribution in [0.25, 0.3) is 0 Å². The average Bonchev–Trinajstić information content (AvgIpc) is 2.34. The third-order valence-corrected chi connectivity index (χ3v) is 2.65. The maximum Gasteiger partial charge on any atom is 0.389 e. The van der Waals surface area contributed by atoms with Crippen LogP contribution in [-0.2, 0) is 17.8 Å². The van der Waals surface area contributed by atoms with Crippen LogP contribution in [0.15, 0.2) is 24.3 Å². The lowest BCUT2D eigenvalue weighted by atomic mass is 10.0. The molecule has 0 radical (unpaired) electrons. The van der Waals surface area contributed by atoms with Gasteiger partial charge in [0.2, 0.25) is 5.91 Å². The predicted octanol–water partition coefficient (Wildman–Crippen LogP) is 2.15. The summed E-state index contributed by atoms with van der Waals surface area (Å²) in [7, 11) is 0. The summed E-state index contributed by atoms with van der Waals surface area (Å²) >= 11 is 0. The van der Waals surface area contributed by atoms with Gasteiger partial charge in [0.1, 0.15) is 0 Å². The largest absolute Gasteiger partial charge is 0.389 e. The lowest BCUT2D eigenvalue weighted by molar-refractivity contribution is -0.136. The zero-order valence-corrected chi connectivity index (χ0v) is 10.5. The third kappa shape index (κ3) is 6.24. The number of carbonyl (C=O) groups is 1. The molecule has 0 unspecified atom stereocenters. The summed E-state index contributed by atoms with van der Waals surface area (Å²) in [6.45, 7) is 0.362. The van der Waals surface area contributed by atoms with Crippen LogP contribution in [0.1, 0.15) is 24.0 Å². The molecule has 6 heteroatoms. The van der Waals surface area contributed by atoms with Crippen molar-refractivity contribution in [2.45, 2.75) is 32.0 Å². The monoisotopic (exact) mass is 274 g/mol. The molecule has 0 spiro atoms. The predicted molar refractivity (Wildman–Crippen MR) is 66.3 cm³/mol. The number of rotatable bonds is 6. The van der Waals surface area contributed by atoms with Gasteiger partial charge in [-0.25, -0.2) is 0 Å². The number of nitrogens with two attached hydrogens (primary N) is 1. The first kappa shape index (κ1) is 15.5. The molecule has 0 aromatic heterocycles. The standard InChI is InChI=1S/C13H17F3N2O/c14-13(15,16)6-3-7-18-12(19)8-10-4-1-2-5-11(10)9-17/h1-2,4-5H,3,6-9,17H2,(H,18,19). The summed E-state index contributed by atoms with van der Waals surface area (Å²) in [4.78, 5) is 11.6. The first-order valence-corrected chi connectivity index (χ1v) is 6.02. The number of carbonyl (C=O) groups excluding carboxylic acids is 1. The molecular weight excluding hydrogens is 257 g/mol. The molecule has 1 amide bonds. The van der Waals surface area contributed by atoms with E-state index in [2.05, 4.69) is 5.32 Å². The lowest BCUT2D eigenvalue weighted by Crippen LogP contribution is -2.27. The number of alkyl halides is 3.